The summed E-state index contributed by atoms with van der Waals surface area (Å²) < 4.78 is 5.12. The van der Waals surface area contributed by atoms with E-state index in [1.54, 1.807) is 0 Å². The monoisotopic (exact) mass is 592 g/mol. The van der Waals surface area contributed by atoms with Gasteiger partial charge in [-0.05, 0) is 94.0 Å². The van der Waals surface area contributed by atoms with Crippen LogP contribution >= 0.6 is 11.3 Å². The molecular formula is C42H28N2S. The first-order valence-corrected chi connectivity index (χ1v) is 16.4. The average molecular weight is 593 g/mol. The molecule has 8 aromatic rings. The van der Waals surface area contributed by atoms with E-state index in [9.17, 15) is 0 Å². The van der Waals surface area contributed by atoms with Crippen molar-refractivity contribution in [2.24, 2.45) is 0 Å². The lowest BCUT2D eigenvalue weighted by molar-refractivity contribution is 0.805. The predicted molar refractivity (Wildman–Crippen MR) is 191 cm³/mol. The van der Waals surface area contributed by atoms with Crippen molar-refractivity contribution in [1.29, 1.82) is 0 Å². The molecule has 0 radical (unpaired) electrons. The van der Waals surface area contributed by atoms with E-state index in [-0.39, 0.29) is 12.0 Å². The molecule has 1 aliphatic heterocycles. The molecule has 0 bridgehead atoms. The molecule has 10 rings (SSSR count). The molecule has 0 saturated heterocycles. The van der Waals surface area contributed by atoms with E-state index < -0.39 is 0 Å². The summed E-state index contributed by atoms with van der Waals surface area (Å²) in [5.41, 5.74) is 10.1. The first kappa shape index (κ1) is 25.0. The lowest BCUT2D eigenvalue weighted by Crippen LogP contribution is -2.36. The Bertz CT molecular complexity index is 2560. The van der Waals surface area contributed by atoms with Crippen molar-refractivity contribution in [3.8, 4) is 16.8 Å². The fourth-order valence-electron chi connectivity index (χ4n) is 7.71. The van der Waals surface area contributed by atoms with Gasteiger partial charge in [-0.2, -0.15) is 0 Å². The summed E-state index contributed by atoms with van der Waals surface area (Å²) in [7, 11) is 0. The SMILES string of the molecule is C1=c2sc3ccccc3c2=CC2c3cc(-c4ccc5c(c4)c4ccccc4n5-c4ccccc4)ccc3N(c3ccccc3)C12. The van der Waals surface area contributed by atoms with Gasteiger partial charge in [0.2, 0.25) is 0 Å². The van der Waals surface area contributed by atoms with Gasteiger partial charge in [0.25, 0.3) is 0 Å². The normalized spacial score (nSPS) is 16.8. The molecule has 0 saturated carbocycles. The molecule has 2 atom stereocenters. The number of hydrogen-bond acceptors (Lipinski definition) is 2. The Morgan fingerprint density at radius 3 is 2.02 bits per heavy atom. The summed E-state index contributed by atoms with van der Waals surface area (Å²) in [5, 5.41) is 5.31. The van der Waals surface area contributed by atoms with E-state index in [1.807, 2.05) is 11.3 Å². The number of para-hydroxylation sites is 3. The summed E-state index contributed by atoms with van der Waals surface area (Å²) in [6, 6.07) is 53.5. The van der Waals surface area contributed by atoms with Gasteiger partial charge in [-0.3, -0.25) is 0 Å². The van der Waals surface area contributed by atoms with E-state index in [4.69, 9.17) is 0 Å². The molecule has 2 nitrogen and oxygen atoms in total. The molecule has 0 spiro atoms. The first-order valence-electron chi connectivity index (χ1n) is 15.6. The summed E-state index contributed by atoms with van der Waals surface area (Å²) in [5.74, 6) is 0.273. The largest absolute Gasteiger partial charge is 0.333 e. The minimum atomic E-state index is 0.240. The smallest absolute Gasteiger partial charge is 0.0643 e. The maximum absolute atomic E-state index is 2.55. The lowest BCUT2D eigenvalue weighted by Gasteiger charge is -2.28. The highest BCUT2D eigenvalue weighted by Crippen LogP contribution is 2.49. The van der Waals surface area contributed by atoms with Gasteiger partial charge < -0.3 is 9.47 Å². The second-order valence-electron chi connectivity index (χ2n) is 12.1. The predicted octanol–water partition coefficient (Wildman–Crippen LogP) is 9.54. The summed E-state index contributed by atoms with van der Waals surface area (Å²) >= 11 is 1.91. The van der Waals surface area contributed by atoms with Crippen molar-refractivity contribution < 1.29 is 0 Å². The number of anilines is 2. The van der Waals surface area contributed by atoms with Crippen LogP contribution in [0.4, 0.5) is 11.4 Å². The Balaban J connectivity index is 1.17. The van der Waals surface area contributed by atoms with Crippen LogP contribution in [0.15, 0.2) is 146 Å². The average Bonchev–Trinajstić information content (AvgIpc) is 3.74. The fourth-order valence-corrected chi connectivity index (χ4v) is 8.88. The third kappa shape index (κ3) is 3.68. The van der Waals surface area contributed by atoms with Crippen LogP contribution in [0.1, 0.15) is 11.5 Å². The summed E-state index contributed by atoms with van der Waals surface area (Å²) in [6.07, 6.45) is 5.06. The van der Waals surface area contributed by atoms with Gasteiger partial charge in [0, 0.05) is 43.0 Å². The van der Waals surface area contributed by atoms with Crippen molar-refractivity contribution in [1.82, 2.24) is 4.57 Å². The third-order valence-corrected chi connectivity index (χ3v) is 10.8. The zero-order valence-corrected chi connectivity index (χ0v) is 25.3. The second kappa shape index (κ2) is 9.56. The Morgan fingerprint density at radius 1 is 0.511 bits per heavy atom. The molecule has 0 N–H and O–H groups in total. The van der Waals surface area contributed by atoms with Crippen molar-refractivity contribution in [2.75, 3.05) is 4.90 Å². The zero-order valence-electron chi connectivity index (χ0n) is 24.5. The quantitative estimate of drug-likeness (QED) is 0.198. The van der Waals surface area contributed by atoms with Crippen LogP contribution in [-0.4, -0.2) is 10.6 Å². The van der Waals surface area contributed by atoms with Crippen LogP contribution < -0.4 is 14.7 Å². The molecule has 45 heavy (non-hydrogen) atoms. The molecule has 1 aliphatic carbocycles. The van der Waals surface area contributed by atoms with Crippen LogP contribution in [0.25, 0.3) is 60.9 Å². The van der Waals surface area contributed by atoms with Crippen molar-refractivity contribution >= 4 is 66.8 Å². The molecule has 3 heteroatoms. The molecule has 3 heterocycles. The summed E-state index contributed by atoms with van der Waals surface area (Å²) in [4.78, 5) is 2.55. The maximum atomic E-state index is 2.55. The number of aromatic nitrogens is 1. The molecule has 2 aromatic heterocycles. The van der Waals surface area contributed by atoms with Gasteiger partial charge in [0.05, 0.1) is 17.1 Å². The molecule has 2 aliphatic rings. The highest BCUT2D eigenvalue weighted by molar-refractivity contribution is 7.17. The summed E-state index contributed by atoms with van der Waals surface area (Å²) in [6.45, 7) is 0. The Kier molecular flexibility index (Phi) is 5.31. The van der Waals surface area contributed by atoms with Gasteiger partial charge in [-0.1, -0.05) is 91.0 Å². The van der Waals surface area contributed by atoms with E-state index >= 15 is 0 Å². The molecule has 6 aromatic carbocycles. The van der Waals surface area contributed by atoms with E-state index in [1.165, 1.54) is 75.4 Å². The van der Waals surface area contributed by atoms with Crippen LogP contribution in [0.3, 0.4) is 0 Å². The highest BCUT2D eigenvalue weighted by Gasteiger charge is 2.38. The minimum Gasteiger partial charge on any atom is -0.333 e. The van der Waals surface area contributed by atoms with Crippen molar-refractivity contribution in [2.45, 2.75) is 12.0 Å². The molecule has 2 unspecified atom stereocenters. The highest BCUT2D eigenvalue weighted by atomic mass is 32.1. The van der Waals surface area contributed by atoms with Gasteiger partial charge in [-0.15, -0.1) is 11.3 Å². The van der Waals surface area contributed by atoms with Crippen LogP contribution in [0, 0.1) is 0 Å². The number of nitrogens with zero attached hydrogens (tertiary/aromatic N) is 2. The standard InChI is InChI=1S/C42H28N2S/c1-3-11-29(12-4-1)43-37-17-9-7-15-31(37)33-23-27(19-21-38(33)43)28-20-22-39-34(24-28)35-25-36-32-16-8-10-18-41(32)45-42(36)26-40(35)44(39)30-13-5-2-6-14-30/h1-26,35,40H. The second-order valence-corrected chi connectivity index (χ2v) is 13.2. The van der Waals surface area contributed by atoms with Gasteiger partial charge >= 0.3 is 0 Å². The minimum absolute atomic E-state index is 0.240. The van der Waals surface area contributed by atoms with Crippen molar-refractivity contribution in [3.63, 3.8) is 0 Å². The Morgan fingerprint density at radius 2 is 1.18 bits per heavy atom. The fraction of sp³-hybridized carbons (Fsp3) is 0.0476. The molecule has 0 fully saturated rings. The van der Waals surface area contributed by atoms with E-state index in [0.717, 1.165) is 0 Å². The van der Waals surface area contributed by atoms with E-state index in [2.05, 4.69) is 167 Å². The van der Waals surface area contributed by atoms with Gasteiger partial charge in [0.1, 0.15) is 0 Å². The molecule has 0 amide bonds. The van der Waals surface area contributed by atoms with Crippen LogP contribution in [-0.2, 0) is 0 Å². The molecule has 212 valence electrons. The number of fused-ring (bicyclic) bond motifs is 9. The van der Waals surface area contributed by atoms with E-state index in [0.29, 0.717) is 0 Å². The van der Waals surface area contributed by atoms with Crippen molar-refractivity contribution in [3.05, 3.63) is 161 Å². The molecular weight excluding hydrogens is 565 g/mol. The number of hydrogen-bond donors (Lipinski definition) is 0. The lowest BCUT2D eigenvalue weighted by atomic mass is 9.89. The third-order valence-electron chi connectivity index (χ3n) is 9.70. The maximum Gasteiger partial charge on any atom is 0.0643 e. The van der Waals surface area contributed by atoms with Gasteiger partial charge in [0.15, 0.2) is 0 Å². The van der Waals surface area contributed by atoms with Crippen LogP contribution in [0.5, 0.6) is 0 Å². The Hall–Kier alpha value is -5.38. The number of rotatable bonds is 3. The topological polar surface area (TPSA) is 8.17 Å². The number of thiophene rings is 1. The van der Waals surface area contributed by atoms with Crippen LogP contribution in [0.2, 0.25) is 0 Å². The number of benzene rings is 6. The zero-order chi connectivity index (χ0) is 29.5. The first-order chi connectivity index (χ1) is 22.3. The van der Waals surface area contributed by atoms with Gasteiger partial charge in [-0.25, -0.2) is 0 Å². The Labute approximate surface area is 265 Å².